The number of esters is 1. The molecule has 2 aromatic carbocycles. The van der Waals surface area contributed by atoms with E-state index in [-0.39, 0.29) is 6.42 Å². The molecule has 0 fully saturated rings. The molecule has 128 valence electrons. The highest BCUT2D eigenvalue weighted by atomic mass is 35.5. The summed E-state index contributed by atoms with van der Waals surface area (Å²) in [6.45, 7) is 3.23. The van der Waals surface area contributed by atoms with Gasteiger partial charge in [0.25, 0.3) is 0 Å². The molecule has 2 atom stereocenters. The molecule has 0 heterocycles. The van der Waals surface area contributed by atoms with E-state index in [1.165, 1.54) is 0 Å². The monoisotopic (exact) mass is 367 g/mol. The van der Waals surface area contributed by atoms with E-state index in [1.807, 2.05) is 24.3 Å². The summed E-state index contributed by atoms with van der Waals surface area (Å²) >= 11 is 12.3. The fraction of sp³-hybridized carbons (Fsp3) is 0.278. The molecule has 0 saturated carbocycles. The van der Waals surface area contributed by atoms with Crippen LogP contribution in [0.4, 0.5) is 11.4 Å². The predicted molar refractivity (Wildman–Crippen MR) is 97.1 cm³/mol. The molecule has 24 heavy (non-hydrogen) atoms. The zero-order chi connectivity index (χ0) is 17.7. The Morgan fingerprint density at radius 2 is 1.75 bits per heavy atom. The number of hydrogen-bond acceptors (Lipinski definition) is 4. The fourth-order valence-electron chi connectivity index (χ4n) is 2.05. The third-order valence-corrected chi connectivity index (χ3v) is 4.20. The van der Waals surface area contributed by atoms with Gasteiger partial charge in [0.05, 0.1) is 28.3 Å². The van der Waals surface area contributed by atoms with Gasteiger partial charge in [-0.2, -0.15) is 0 Å². The maximum absolute atomic E-state index is 12.1. The first-order valence-electron chi connectivity index (χ1n) is 7.55. The number of anilines is 2. The van der Waals surface area contributed by atoms with Crippen LogP contribution in [0.15, 0.2) is 42.5 Å². The van der Waals surface area contributed by atoms with Crippen molar-refractivity contribution in [3.8, 4) is 0 Å². The highest BCUT2D eigenvalue weighted by Gasteiger charge is 2.16. The van der Waals surface area contributed by atoms with Crippen molar-refractivity contribution in [2.75, 3.05) is 5.32 Å². The van der Waals surface area contributed by atoms with Gasteiger partial charge in [-0.1, -0.05) is 47.5 Å². The lowest BCUT2D eigenvalue weighted by Crippen LogP contribution is -2.26. The van der Waals surface area contributed by atoms with Crippen LogP contribution in [0.3, 0.4) is 0 Å². The van der Waals surface area contributed by atoms with Crippen molar-refractivity contribution in [1.29, 1.82) is 0 Å². The molecule has 6 heteroatoms. The Kier molecular flexibility index (Phi) is 6.49. The van der Waals surface area contributed by atoms with Gasteiger partial charge in [0.1, 0.15) is 6.10 Å². The molecule has 2 aromatic rings. The minimum Gasteiger partial charge on any atom is -0.460 e. The Labute approximate surface area is 151 Å². The number of carbonyl (C=O) groups excluding carboxylic acids is 1. The van der Waals surface area contributed by atoms with E-state index in [0.717, 1.165) is 5.56 Å². The quantitative estimate of drug-likeness (QED) is 0.732. The summed E-state index contributed by atoms with van der Waals surface area (Å²) in [4.78, 5) is 12.1. The van der Waals surface area contributed by atoms with Crippen molar-refractivity contribution in [1.82, 2.24) is 0 Å². The lowest BCUT2D eigenvalue weighted by atomic mass is 10.1. The Bertz CT molecular complexity index is 699. The van der Waals surface area contributed by atoms with Gasteiger partial charge in [-0.3, -0.25) is 4.79 Å². The summed E-state index contributed by atoms with van der Waals surface area (Å²) in [5, 5.41) is 13.6. The van der Waals surface area contributed by atoms with Crippen LogP contribution in [0.25, 0.3) is 0 Å². The number of para-hydroxylation sites is 2. The molecule has 0 bridgehead atoms. The van der Waals surface area contributed by atoms with Crippen LogP contribution in [0.1, 0.15) is 19.4 Å². The molecule has 0 aromatic heterocycles. The fourth-order valence-corrected chi connectivity index (χ4v) is 2.54. The Hall–Kier alpha value is -1.75. The number of aliphatic hydroxyl groups is 1. The number of hydrogen-bond donors (Lipinski definition) is 2. The third kappa shape index (κ3) is 4.87. The third-order valence-electron chi connectivity index (χ3n) is 3.57. The van der Waals surface area contributed by atoms with Gasteiger partial charge in [-0.25, -0.2) is 0 Å². The second kappa shape index (κ2) is 8.38. The smallest absolute Gasteiger partial charge is 0.310 e. The second-order valence-electron chi connectivity index (χ2n) is 5.49. The van der Waals surface area contributed by atoms with E-state index in [0.29, 0.717) is 21.4 Å². The molecule has 0 amide bonds. The second-order valence-corrected chi connectivity index (χ2v) is 6.31. The van der Waals surface area contributed by atoms with E-state index in [4.69, 9.17) is 27.9 Å². The van der Waals surface area contributed by atoms with Gasteiger partial charge < -0.3 is 15.2 Å². The van der Waals surface area contributed by atoms with Crippen LogP contribution < -0.4 is 5.32 Å². The molecule has 0 aliphatic rings. The lowest BCUT2D eigenvalue weighted by molar-refractivity contribution is -0.152. The van der Waals surface area contributed by atoms with E-state index in [9.17, 15) is 9.90 Å². The highest BCUT2D eigenvalue weighted by Crippen LogP contribution is 2.33. The summed E-state index contributed by atoms with van der Waals surface area (Å²) in [7, 11) is 0. The SMILES string of the molecule is CC(O)C(C)OC(=O)Cc1ccccc1Nc1c(Cl)cccc1Cl. The first kappa shape index (κ1) is 18.6. The zero-order valence-electron chi connectivity index (χ0n) is 13.4. The average Bonchev–Trinajstić information content (AvgIpc) is 2.52. The first-order chi connectivity index (χ1) is 11.4. The topological polar surface area (TPSA) is 58.6 Å². The molecule has 2 N–H and O–H groups in total. The van der Waals surface area contributed by atoms with Crippen LogP contribution in [0.5, 0.6) is 0 Å². The molecular formula is C18H19Cl2NO3. The number of ether oxygens (including phenoxy) is 1. The maximum atomic E-state index is 12.1. The first-order valence-corrected chi connectivity index (χ1v) is 8.30. The maximum Gasteiger partial charge on any atom is 0.310 e. The van der Waals surface area contributed by atoms with Crippen LogP contribution >= 0.6 is 23.2 Å². The summed E-state index contributed by atoms with van der Waals surface area (Å²) in [6.07, 6.45) is -1.21. The summed E-state index contributed by atoms with van der Waals surface area (Å²) in [5.41, 5.74) is 2.05. The van der Waals surface area contributed by atoms with Crippen molar-refractivity contribution >= 4 is 40.5 Å². The average molecular weight is 368 g/mol. The van der Waals surface area contributed by atoms with Crippen LogP contribution in [-0.4, -0.2) is 23.3 Å². The van der Waals surface area contributed by atoms with Crippen molar-refractivity contribution in [3.05, 3.63) is 58.1 Å². The Morgan fingerprint density at radius 3 is 2.38 bits per heavy atom. The molecule has 4 nitrogen and oxygen atoms in total. The normalized spacial score (nSPS) is 13.2. The van der Waals surface area contributed by atoms with E-state index >= 15 is 0 Å². The largest absolute Gasteiger partial charge is 0.460 e. The van der Waals surface area contributed by atoms with Gasteiger partial charge in [0.15, 0.2) is 0 Å². The molecule has 2 unspecified atom stereocenters. The minimum atomic E-state index is -0.718. The summed E-state index contributed by atoms with van der Waals surface area (Å²) in [5.74, 6) is -0.414. The standard InChI is InChI=1S/C18H19Cl2NO3/c1-11(22)12(2)24-17(23)10-13-6-3-4-9-16(13)21-18-14(19)7-5-8-15(18)20/h3-9,11-12,21-22H,10H2,1-2H3. The van der Waals surface area contributed by atoms with E-state index < -0.39 is 18.2 Å². The molecule has 0 saturated heterocycles. The molecular weight excluding hydrogens is 349 g/mol. The van der Waals surface area contributed by atoms with Crippen LogP contribution in [-0.2, 0) is 16.0 Å². The zero-order valence-corrected chi connectivity index (χ0v) is 14.9. The predicted octanol–water partition coefficient (Wildman–Crippen LogP) is 4.59. The van der Waals surface area contributed by atoms with E-state index in [1.54, 1.807) is 32.0 Å². The molecule has 0 aliphatic carbocycles. The summed E-state index contributed by atoms with van der Waals surface area (Å²) in [6, 6.07) is 12.6. The van der Waals surface area contributed by atoms with Crippen molar-refractivity contribution < 1.29 is 14.6 Å². The molecule has 0 radical (unpaired) electrons. The van der Waals surface area contributed by atoms with Crippen molar-refractivity contribution in [3.63, 3.8) is 0 Å². The number of aliphatic hydroxyl groups excluding tert-OH is 1. The number of nitrogens with one attached hydrogen (secondary N) is 1. The van der Waals surface area contributed by atoms with E-state index in [2.05, 4.69) is 5.32 Å². The van der Waals surface area contributed by atoms with Gasteiger partial charge >= 0.3 is 5.97 Å². The molecule has 0 aliphatic heterocycles. The van der Waals surface area contributed by atoms with Gasteiger partial charge in [0, 0.05) is 5.69 Å². The number of rotatable bonds is 6. The van der Waals surface area contributed by atoms with Crippen molar-refractivity contribution in [2.24, 2.45) is 0 Å². The van der Waals surface area contributed by atoms with Gasteiger partial charge in [-0.05, 0) is 37.6 Å². The molecule has 2 rings (SSSR count). The number of benzene rings is 2. The van der Waals surface area contributed by atoms with Gasteiger partial charge in [0.2, 0.25) is 0 Å². The van der Waals surface area contributed by atoms with Crippen LogP contribution in [0, 0.1) is 0 Å². The minimum absolute atomic E-state index is 0.0717. The Morgan fingerprint density at radius 1 is 1.12 bits per heavy atom. The van der Waals surface area contributed by atoms with Gasteiger partial charge in [-0.15, -0.1) is 0 Å². The molecule has 0 spiro atoms. The summed E-state index contributed by atoms with van der Waals surface area (Å²) < 4.78 is 5.20. The van der Waals surface area contributed by atoms with Crippen molar-refractivity contribution in [2.45, 2.75) is 32.5 Å². The lowest BCUT2D eigenvalue weighted by Gasteiger charge is -2.17. The highest BCUT2D eigenvalue weighted by molar-refractivity contribution is 6.39. The Balaban J connectivity index is 2.17. The number of carbonyl (C=O) groups is 1. The van der Waals surface area contributed by atoms with Crippen LogP contribution in [0.2, 0.25) is 10.0 Å². The number of halogens is 2.